The molecular weight excluding hydrogens is 238 g/mol. The summed E-state index contributed by atoms with van der Waals surface area (Å²) in [4.78, 5) is 2.54. The van der Waals surface area contributed by atoms with Crippen LogP contribution in [0.1, 0.15) is 30.4 Å². The Labute approximate surface area is 115 Å². The normalized spacial score (nSPS) is 25.8. The highest BCUT2D eigenvalue weighted by atomic mass is 16.7. The molecule has 0 aromatic heterocycles. The van der Waals surface area contributed by atoms with Crippen LogP contribution < -0.4 is 0 Å². The van der Waals surface area contributed by atoms with Crippen molar-refractivity contribution in [3.05, 3.63) is 35.4 Å². The maximum atomic E-state index is 5.72. The molecule has 2 heterocycles. The first-order valence-corrected chi connectivity index (χ1v) is 7.36. The van der Waals surface area contributed by atoms with E-state index in [-0.39, 0.29) is 6.29 Å². The van der Waals surface area contributed by atoms with Crippen LogP contribution in [0.15, 0.2) is 24.3 Å². The van der Waals surface area contributed by atoms with Crippen LogP contribution in [-0.2, 0) is 16.0 Å². The fourth-order valence-electron chi connectivity index (χ4n) is 3.17. The lowest BCUT2D eigenvalue weighted by Crippen LogP contribution is -2.46. The molecule has 0 spiro atoms. The Morgan fingerprint density at radius 1 is 1.21 bits per heavy atom. The van der Waals surface area contributed by atoms with Gasteiger partial charge in [-0.25, -0.2) is 0 Å². The first kappa shape index (κ1) is 13.1. The monoisotopic (exact) mass is 261 g/mol. The van der Waals surface area contributed by atoms with Gasteiger partial charge in [0.1, 0.15) is 0 Å². The highest BCUT2D eigenvalue weighted by Gasteiger charge is 2.33. The molecule has 1 atom stereocenters. The molecule has 1 aromatic rings. The minimum absolute atomic E-state index is 0.00916. The molecule has 2 aliphatic heterocycles. The van der Waals surface area contributed by atoms with Crippen molar-refractivity contribution in [3.63, 3.8) is 0 Å². The van der Waals surface area contributed by atoms with Crippen LogP contribution >= 0.6 is 0 Å². The second-order valence-electron chi connectivity index (χ2n) is 5.63. The fourth-order valence-corrected chi connectivity index (χ4v) is 3.17. The predicted molar refractivity (Wildman–Crippen MR) is 74.9 cm³/mol. The third-order valence-electron chi connectivity index (χ3n) is 4.09. The standard InChI is InChI=1S/C16H23NO2/c1-13-5-4-6-14(11-13)12-17-8-3-2-7-15(17)16-18-9-10-19-16/h4-6,11,15-16H,2-3,7-10,12H2,1H3. The molecule has 0 amide bonds. The van der Waals surface area contributed by atoms with Crippen LogP contribution in [0.2, 0.25) is 0 Å². The molecule has 2 aliphatic rings. The molecule has 104 valence electrons. The maximum absolute atomic E-state index is 5.72. The van der Waals surface area contributed by atoms with Crippen molar-refractivity contribution in [2.45, 2.75) is 45.1 Å². The van der Waals surface area contributed by atoms with E-state index in [1.165, 1.54) is 30.4 Å². The molecule has 3 nitrogen and oxygen atoms in total. The quantitative estimate of drug-likeness (QED) is 0.835. The molecule has 0 aliphatic carbocycles. The van der Waals surface area contributed by atoms with Crippen molar-refractivity contribution in [1.82, 2.24) is 4.90 Å². The molecule has 19 heavy (non-hydrogen) atoms. The Balaban J connectivity index is 1.69. The van der Waals surface area contributed by atoms with Gasteiger partial charge in [0.2, 0.25) is 0 Å². The summed E-state index contributed by atoms with van der Waals surface area (Å²) < 4.78 is 11.4. The minimum Gasteiger partial charge on any atom is -0.349 e. The van der Waals surface area contributed by atoms with Gasteiger partial charge in [0.25, 0.3) is 0 Å². The van der Waals surface area contributed by atoms with Crippen LogP contribution in [0.4, 0.5) is 0 Å². The van der Waals surface area contributed by atoms with Crippen molar-refractivity contribution in [2.24, 2.45) is 0 Å². The molecule has 0 bridgehead atoms. The lowest BCUT2D eigenvalue weighted by Gasteiger charge is -2.38. The average Bonchev–Trinajstić information content (AvgIpc) is 2.93. The number of piperidine rings is 1. The third-order valence-corrected chi connectivity index (χ3v) is 4.09. The number of aryl methyl sites for hydroxylation is 1. The average molecular weight is 261 g/mol. The molecule has 0 N–H and O–H groups in total. The molecule has 2 saturated heterocycles. The molecule has 1 aromatic carbocycles. The van der Waals surface area contributed by atoms with Crippen molar-refractivity contribution in [3.8, 4) is 0 Å². The van der Waals surface area contributed by atoms with Crippen molar-refractivity contribution >= 4 is 0 Å². The Morgan fingerprint density at radius 2 is 2.05 bits per heavy atom. The van der Waals surface area contributed by atoms with E-state index in [9.17, 15) is 0 Å². The lowest BCUT2D eigenvalue weighted by molar-refractivity contribution is -0.111. The summed E-state index contributed by atoms with van der Waals surface area (Å²) >= 11 is 0. The van der Waals surface area contributed by atoms with Gasteiger partial charge < -0.3 is 9.47 Å². The van der Waals surface area contributed by atoms with E-state index in [0.29, 0.717) is 6.04 Å². The summed E-state index contributed by atoms with van der Waals surface area (Å²) in [5, 5.41) is 0. The van der Waals surface area contributed by atoms with E-state index < -0.39 is 0 Å². The van der Waals surface area contributed by atoms with Crippen molar-refractivity contribution < 1.29 is 9.47 Å². The van der Waals surface area contributed by atoms with Gasteiger partial charge in [-0.3, -0.25) is 4.90 Å². The zero-order chi connectivity index (χ0) is 13.1. The smallest absolute Gasteiger partial charge is 0.173 e. The summed E-state index contributed by atoms with van der Waals surface area (Å²) in [6.45, 7) is 5.82. The summed E-state index contributed by atoms with van der Waals surface area (Å²) in [5.74, 6) is 0. The van der Waals surface area contributed by atoms with E-state index >= 15 is 0 Å². The van der Waals surface area contributed by atoms with E-state index in [1.54, 1.807) is 0 Å². The Hall–Kier alpha value is -0.900. The van der Waals surface area contributed by atoms with Crippen LogP contribution in [0.25, 0.3) is 0 Å². The SMILES string of the molecule is Cc1cccc(CN2CCCCC2C2OCCO2)c1. The molecule has 3 heteroatoms. The molecule has 0 radical (unpaired) electrons. The van der Waals surface area contributed by atoms with E-state index in [0.717, 1.165) is 26.3 Å². The van der Waals surface area contributed by atoms with Gasteiger partial charge in [-0.1, -0.05) is 36.2 Å². The highest BCUT2D eigenvalue weighted by Crippen LogP contribution is 2.26. The van der Waals surface area contributed by atoms with Crippen molar-refractivity contribution in [1.29, 1.82) is 0 Å². The number of hydrogen-bond donors (Lipinski definition) is 0. The van der Waals surface area contributed by atoms with Gasteiger partial charge in [-0.15, -0.1) is 0 Å². The maximum Gasteiger partial charge on any atom is 0.173 e. The Bertz CT molecular complexity index is 415. The largest absolute Gasteiger partial charge is 0.349 e. The second kappa shape index (κ2) is 6.04. The van der Waals surface area contributed by atoms with Gasteiger partial charge >= 0.3 is 0 Å². The topological polar surface area (TPSA) is 21.7 Å². The van der Waals surface area contributed by atoms with Gasteiger partial charge in [-0.05, 0) is 31.9 Å². The van der Waals surface area contributed by atoms with Crippen LogP contribution in [0, 0.1) is 6.92 Å². The minimum atomic E-state index is -0.00916. The first-order valence-electron chi connectivity index (χ1n) is 7.36. The van der Waals surface area contributed by atoms with Crippen LogP contribution in [0.5, 0.6) is 0 Å². The highest BCUT2D eigenvalue weighted by molar-refractivity contribution is 5.22. The van der Waals surface area contributed by atoms with Gasteiger partial charge in [0, 0.05) is 6.54 Å². The number of likely N-dealkylation sites (tertiary alicyclic amines) is 1. The summed E-state index contributed by atoms with van der Waals surface area (Å²) in [6, 6.07) is 9.22. The van der Waals surface area contributed by atoms with Crippen molar-refractivity contribution in [2.75, 3.05) is 19.8 Å². The van der Waals surface area contributed by atoms with Crippen LogP contribution in [0.3, 0.4) is 0 Å². The number of ether oxygens (including phenoxy) is 2. The lowest BCUT2D eigenvalue weighted by atomic mass is 10.0. The Morgan fingerprint density at radius 3 is 2.84 bits per heavy atom. The second-order valence-corrected chi connectivity index (χ2v) is 5.63. The molecule has 1 unspecified atom stereocenters. The van der Waals surface area contributed by atoms with Crippen LogP contribution in [-0.4, -0.2) is 37.0 Å². The summed E-state index contributed by atoms with van der Waals surface area (Å²) in [7, 11) is 0. The van der Waals surface area contributed by atoms with Gasteiger partial charge in [-0.2, -0.15) is 0 Å². The number of hydrogen-bond acceptors (Lipinski definition) is 3. The molecule has 2 fully saturated rings. The van der Waals surface area contributed by atoms with Gasteiger partial charge in [0.05, 0.1) is 19.3 Å². The fraction of sp³-hybridized carbons (Fsp3) is 0.625. The zero-order valence-electron chi connectivity index (χ0n) is 11.7. The number of rotatable bonds is 3. The number of benzene rings is 1. The summed E-state index contributed by atoms with van der Waals surface area (Å²) in [5.41, 5.74) is 2.73. The van der Waals surface area contributed by atoms with E-state index in [1.807, 2.05) is 0 Å². The molecule has 0 saturated carbocycles. The third kappa shape index (κ3) is 3.16. The summed E-state index contributed by atoms with van der Waals surface area (Å²) in [6.07, 6.45) is 3.76. The predicted octanol–water partition coefficient (Wildman–Crippen LogP) is 2.72. The van der Waals surface area contributed by atoms with E-state index in [2.05, 4.69) is 36.1 Å². The molecular formula is C16H23NO2. The molecule has 3 rings (SSSR count). The zero-order valence-corrected chi connectivity index (χ0v) is 11.7. The first-order chi connectivity index (χ1) is 9.33. The van der Waals surface area contributed by atoms with E-state index in [4.69, 9.17) is 9.47 Å². The van der Waals surface area contributed by atoms with Gasteiger partial charge in [0.15, 0.2) is 6.29 Å². The number of nitrogens with zero attached hydrogens (tertiary/aromatic N) is 1. The Kier molecular flexibility index (Phi) is 4.16.